The van der Waals surface area contributed by atoms with Crippen LogP contribution < -0.4 is 0 Å². The maximum Gasteiger partial charge on any atom is 0.248 e. The highest BCUT2D eigenvalue weighted by molar-refractivity contribution is 5.92. The highest BCUT2D eigenvalue weighted by Crippen LogP contribution is 2.13. The number of hydrogen-bond acceptors (Lipinski definition) is 2. The van der Waals surface area contributed by atoms with Gasteiger partial charge in [-0.25, -0.2) is 0 Å². The highest BCUT2D eigenvalue weighted by atomic mass is 16.5. The van der Waals surface area contributed by atoms with Crippen LogP contribution in [0.25, 0.3) is 0 Å². The van der Waals surface area contributed by atoms with Gasteiger partial charge in [0.25, 0.3) is 0 Å². The van der Waals surface area contributed by atoms with E-state index in [-0.39, 0.29) is 12.0 Å². The van der Waals surface area contributed by atoms with Crippen molar-refractivity contribution in [2.75, 3.05) is 20.2 Å². The van der Waals surface area contributed by atoms with Crippen LogP contribution in [0.3, 0.4) is 0 Å². The first-order valence-electron chi connectivity index (χ1n) is 4.12. The van der Waals surface area contributed by atoms with Crippen LogP contribution >= 0.6 is 0 Å². The molecule has 0 saturated carbocycles. The van der Waals surface area contributed by atoms with E-state index in [4.69, 9.17) is 4.74 Å². The van der Waals surface area contributed by atoms with Gasteiger partial charge in [-0.2, -0.15) is 0 Å². The maximum absolute atomic E-state index is 11.4. The first-order valence-corrected chi connectivity index (χ1v) is 4.12. The molecule has 1 atom stereocenters. The van der Waals surface area contributed by atoms with E-state index in [1.807, 2.05) is 0 Å². The van der Waals surface area contributed by atoms with E-state index < -0.39 is 0 Å². The topological polar surface area (TPSA) is 29.5 Å². The average molecular weight is 169 g/mol. The Hall–Kier alpha value is -0.830. The van der Waals surface area contributed by atoms with Gasteiger partial charge in [0.05, 0.1) is 6.10 Å². The lowest BCUT2D eigenvalue weighted by Crippen LogP contribution is -2.30. The lowest BCUT2D eigenvalue weighted by molar-refractivity contribution is -0.126. The van der Waals surface area contributed by atoms with Crippen molar-refractivity contribution >= 4 is 5.91 Å². The van der Waals surface area contributed by atoms with Gasteiger partial charge in [-0.15, -0.1) is 0 Å². The number of methoxy groups -OCH3 is 1. The van der Waals surface area contributed by atoms with E-state index in [2.05, 4.69) is 6.58 Å². The molecular formula is C9H15NO2. The first kappa shape index (κ1) is 9.26. The molecule has 0 bridgehead atoms. The van der Waals surface area contributed by atoms with Gasteiger partial charge < -0.3 is 9.64 Å². The largest absolute Gasteiger partial charge is 0.380 e. The number of amides is 1. The molecule has 1 fully saturated rings. The van der Waals surface area contributed by atoms with Gasteiger partial charge in [-0.05, 0) is 13.3 Å². The molecule has 1 heterocycles. The number of carbonyl (C=O) groups is 1. The van der Waals surface area contributed by atoms with Crippen LogP contribution in [0.4, 0.5) is 0 Å². The lowest BCUT2D eigenvalue weighted by atomic mass is 10.3. The lowest BCUT2D eigenvalue weighted by Gasteiger charge is -2.15. The fourth-order valence-electron chi connectivity index (χ4n) is 1.37. The summed E-state index contributed by atoms with van der Waals surface area (Å²) in [5, 5.41) is 0. The monoisotopic (exact) mass is 169 g/mol. The molecule has 0 N–H and O–H groups in total. The minimum atomic E-state index is 0.0505. The Balaban J connectivity index is 2.46. The third-order valence-corrected chi connectivity index (χ3v) is 2.13. The molecule has 3 nitrogen and oxygen atoms in total. The van der Waals surface area contributed by atoms with Crippen molar-refractivity contribution in [2.45, 2.75) is 19.4 Å². The van der Waals surface area contributed by atoms with Crippen molar-refractivity contribution in [3.8, 4) is 0 Å². The number of likely N-dealkylation sites (tertiary alicyclic amines) is 1. The standard InChI is InChI=1S/C9H15NO2/c1-7(2)9(11)10-5-4-8(6-10)12-3/h8H,1,4-6H2,2-3H3. The third-order valence-electron chi connectivity index (χ3n) is 2.13. The number of nitrogens with zero attached hydrogens (tertiary/aromatic N) is 1. The van der Waals surface area contributed by atoms with Gasteiger partial charge in [-0.1, -0.05) is 6.58 Å². The molecule has 3 heteroatoms. The molecule has 1 rings (SSSR count). The van der Waals surface area contributed by atoms with Gasteiger partial charge in [0.2, 0.25) is 5.91 Å². The zero-order valence-corrected chi connectivity index (χ0v) is 7.67. The van der Waals surface area contributed by atoms with E-state index >= 15 is 0 Å². The molecule has 0 aliphatic carbocycles. The van der Waals surface area contributed by atoms with Crippen LogP contribution in [0, 0.1) is 0 Å². The Morgan fingerprint density at radius 3 is 2.75 bits per heavy atom. The average Bonchev–Trinajstić information content (AvgIpc) is 2.50. The van der Waals surface area contributed by atoms with Crippen molar-refractivity contribution in [3.63, 3.8) is 0 Å². The third kappa shape index (κ3) is 1.85. The summed E-state index contributed by atoms with van der Waals surface area (Å²) in [6, 6.07) is 0. The summed E-state index contributed by atoms with van der Waals surface area (Å²) in [6.07, 6.45) is 1.16. The normalized spacial score (nSPS) is 22.8. The minimum Gasteiger partial charge on any atom is -0.380 e. The molecule has 0 radical (unpaired) electrons. The highest BCUT2D eigenvalue weighted by Gasteiger charge is 2.25. The van der Waals surface area contributed by atoms with Crippen molar-refractivity contribution in [2.24, 2.45) is 0 Å². The van der Waals surface area contributed by atoms with Gasteiger partial charge in [0.1, 0.15) is 0 Å². The second-order valence-corrected chi connectivity index (χ2v) is 3.18. The molecule has 1 amide bonds. The molecule has 12 heavy (non-hydrogen) atoms. The molecule has 0 spiro atoms. The van der Waals surface area contributed by atoms with Crippen molar-refractivity contribution in [1.82, 2.24) is 4.90 Å². The Morgan fingerprint density at radius 1 is 1.67 bits per heavy atom. The maximum atomic E-state index is 11.4. The number of ether oxygens (including phenoxy) is 1. The van der Waals surface area contributed by atoms with E-state index in [0.29, 0.717) is 12.1 Å². The summed E-state index contributed by atoms with van der Waals surface area (Å²) in [5.74, 6) is 0.0505. The zero-order valence-electron chi connectivity index (χ0n) is 7.67. The van der Waals surface area contributed by atoms with Gasteiger partial charge in [0, 0.05) is 25.8 Å². The SMILES string of the molecule is C=C(C)C(=O)N1CCC(OC)C1. The predicted octanol–water partition coefficient (Wildman–Crippen LogP) is 0.810. The van der Waals surface area contributed by atoms with Gasteiger partial charge >= 0.3 is 0 Å². The molecule has 1 unspecified atom stereocenters. The van der Waals surface area contributed by atoms with Crippen LogP contribution in [-0.4, -0.2) is 37.1 Å². The Labute approximate surface area is 73.0 Å². The predicted molar refractivity (Wildman–Crippen MR) is 46.8 cm³/mol. The van der Waals surface area contributed by atoms with Crippen LogP contribution in [-0.2, 0) is 9.53 Å². The van der Waals surface area contributed by atoms with Crippen LogP contribution in [0.15, 0.2) is 12.2 Å². The van der Waals surface area contributed by atoms with Crippen molar-refractivity contribution in [1.29, 1.82) is 0 Å². The summed E-state index contributed by atoms with van der Waals surface area (Å²) >= 11 is 0. The zero-order chi connectivity index (χ0) is 9.14. The van der Waals surface area contributed by atoms with E-state index in [9.17, 15) is 4.79 Å². The smallest absolute Gasteiger partial charge is 0.248 e. The molecule has 0 aromatic carbocycles. The number of carbonyl (C=O) groups excluding carboxylic acids is 1. The first-order chi connectivity index (χ1) is 5.65. The second-order valence-electron chi connectivity index (χ2n) is 3.18. The summed E-state index contributed by atoms with van der Waals surface area (Å²) in [7, 11) is 1.68. The molecule has 1 aliphatic rings. The quantitative estimate of drug-likeness (QED) is 0.572. The van der Waals surface area contributed by atoms with E-state index in [1.54, 1.807) is 18.9 Å². The van der Waals surface area contributed by atoms with Crippen molar-refractivity contribution < 1.29 is 9.53 Å². The fourth-order valence-corrected chi connectivity index (χ4v) is 1.37. The Bertz CT molecular complexity index is 201. The van der Waals surface area contributed by atoms with E-state index in [1.165, 1.54) is 0 Å². The summed E-state index contributed by atoms with van der Waals surface area (Å²) in [4.78, 5) is 13.2. The van der Waals surface area contributed by atoms with Crippen LogP contribution in [0.1, 0.15) is 13.3 Å². The molecule has 1 aliphatic heterocycles. The van der Waals surface area contributed by atoms with Crippen LogP contribution in [0.5, 0.6) is 0 Å². The molecule has 0 aromatic rings. The molecule has 68 valence electrons. The van der Waals surface area contributed by atoms with Crippen LogP contribution in [0.2, 0.25) is 0 Å². The number of hydrogen-bond donors (Lipinski definition) is 0. The summed E-state index contributed by atoms with van der Waals surface area (Å²) in [6.45, 7) is 6.86. The summed E-state index contributed by atoms with van der Waals surface area (Å²) < 4.78 is 5.15. The molecular weight excluding hydrogens is 154 g/mol. The fraction of sp³-hybridized carbons (Fsp3) is 0.667. The van der Waals surface area contributed by atoms with Crippen molar-refractivity contribution in [3.05, 3.63) is 12.2 Å². The molecule has 0 aromatic heterocycles. The van der Waals surface area contributed by atoms with Gasteiger partial charge in [0.15, 0.2) is 0 Å². The van der Waals surface area contributed by atoms with E-state index in [0.717, 1.165) is 13.0 Å². The number of rotatable bonds is 2. The summed E-state index contributed by atoms with van der Waals surface area (Å²) in [5.41, 5.74) is 0.603. The Morgan fingerprint density at radius 2 is 2.33 bits per heavy atom. The van der Waals surface area contributed by atoms with Gasteiger partial charge in [-0.3, -0.25) is 4.79 Å². The second kappa shape index (κ2) is 3.72. The minimum absolute atomic E-state index is 0.0505. The Kier molecular flexibility index (Phi) is 2.87. The molecule has 1 saturated heterocycles.